The first-order valence-electron chi connectivity index (χ1n) is 7.34. The van der Waals surface area contributed by atoms with Crippen molar-refractivity contribution in [3.8, 4) is 11.5 Å². The monoisotopic (exact) mass is 354 g/mol. The van der Waals surface area contributed by atoms with E-state index < -0.39 is 0 Å². The summed E-state index contributed by atoms with van der Waals surface area (Å²) in [5.41, 5.74) is 4.09. The lowest BCUT2D eigenvalue weighted by Gasteiger charge is -2.04. The summed E-state index contributed by atoms with van der Waals surface area (Å²) in [4.78, 5) is 20.1. The van der Waals surface area contributed by atoms with Crippen LogP contribution in [0.25, 0.3) is 10.9 Å². The van der Waals surface area contributed by atoms with Crippen LogP contribution in [0.1, 0.15) is 15.9 Å². The molecule has 124 valence electrons. The summed E-state index contributed by atoms with van der Waals surface area (Å²) >= 11 is 6.19. The molecule has 0 saturated heterocycles. The Kier molecular flexibility index (Phi) is 3.91. The molecular formula is C17H11ClN4O3. The molecule has 1 aromatic carbocycles. The number of hydrogen-bond donors (Lipinski definition) is 1. The number of rotatable bonds is 3. The fourth-order valence-electron chi connectivity index (χ4n) is 2.37. The summed E-state index contributed by atoms with van der Waals surface area (Å²) in [6.07, 6.45) is 4.48. The highest BCUT2D eigenvalue weighted by Gasteiger charge is 2.15. The molecule has 8 heteroatoms. The largest absolute Gasteiger partial charge is 0.454 e. The van der Waals surface area contributed by atoms with Gasteiger partial charge in [-0.2, -0.15) is 5.10 Å². The third kappa shape index (κ3) is 3.09. The molecule has 1 N–H and O–H groups in total. The number of fused-ring (bicyclic) bond motifs is 2. The first kappa shape index (κ1) is 15.3. The van der Waals surface area contributed by atoms with Gasteiger partial charge in [-0.1, -0.05) is 11.6 Å². The zero-order valence-corrected chi connectivity index (χ0v) is 13.5. The second kappa shape index (κ2) is 6.37. The van der Waals surface area contributed by atoms with E-state index in [4.69, 9.17) is 21.1 Å². The quantitative estimate of drug-likeness (QED) is 0.444. The van der Waals surface area contributed by atoms with Crippen LogP contribution in [-0.2, 0) is 0 Å². The lowest BCUT2D eigenvalue weighted by Crippen LogP contribution is -2.17. The molecule has 0 bridgehead atoms. The molecule has 0 aliphatic carbocycles. The highest BCUT2D eigenvalue weighted by molar-refractivity contribution is 6.32. The van der Waals surface area contributed by atoms with Gasteiger partial charge in [0.15, 0.2) is 11.5 Å². The highest BCUT2D eigenvalue weighted by atomic mass is 35.5. The molecule has 0 unspecified atom stereocenters. The van der Waals surface area contributed by atoms with Crippen molar-refractivity contribution in [1.29, 1.82) is 0 Å². The average Bonchev–Trinajstić information content (AvgIpc) is 3.08. The van der Waals surface area contributed by atoms with E-state index in [9.17, 15) is 4.79 Å². The topological polar surface area (TPSA) is 85.7 Å². The number of hydrogen-bond acceptors (Lipinski definition) is 6. The number of nitrogens with one attached hydrogen (secondary N) is 1. The molecule has 0 saturated carbocycles. The summed E-state index contributed by atoms with van der Waals surface area (Å²) in [7, 11) is 0. The van der Waals surface area contributed by atoms with Crippen LogP contribution >= 0.6 is 11.6 Å². The molecule has 3 aromatic rings. The van der Waals surface area contributed by atoms with Crippen LogP contribution in [-0.4, -0.2) is 28.9 Å². The van der Waals surface area contributed by atoms with Gasteiger partial charge in [-0.05, 0) is 24.3 Å². The standard InChI is InChI=1S/C17H11ClN4O3/c18-16-12(8-20-22-17(23)10-2-1-3-19-7-10)4-11-5-14-15(25-9-24-14)6-13(11)21-16/h1-8H,9H2,(H,22,23). The zero-order valence-electron chi connectivity index (χ0n) is 12.8. The number of amides is 1. The number of nitrogens with zero attached hydrogens (tertiary/aromatic N) is 3. The van der Waals surface area contributed by atoms with Crippen LogP contribution in [0.3, 0.4) is 0 Å². The van der Waals surface area contributed by atoms with Crippen molar-refractivity contribution in [2.75, 3.05) is 6.79 Å². The number of aromatic nitrogens is 2. The van der Waals surface area contributed by atoms with Crippen LogP contribution < -0.4 is 14.9 Å². The van der Waals surface area contributed by atoms with E-state index in [0.717, 1.165) is 5.39 Å². The zero-order chi connectivity index (χ0) is 17.2. The molecule has 1 amide bonds. The van der Waals surface area contributed by atoms with Crippen molar-refractivity contribution < 1.29 is 14.3 Å². The average molecular weight is 355 g/mol. The minimum absolute atomic E-state index is 0.189. The number of carbonyl (C=O) groups excluding carboxylic acids is 1. The maximum Gasteiger partial charge on any atom is 0.272 e. The van der Waals surface area contributed by atoms with Gasteiger partial charge in [-0.15, -0.1) is 0 Å². The Morgan fingerprint density at radius 2 is 2.12 bits per heavy atom. The van der Waals surface area contributed by atoms with Crippen LogP contribution in [0.5, 0.6) is 11.5 Å². The molecule has 1 aliphatic heterocycles. The smallest absolute Gasteiger partial charge is 0.272 e. The van der Waals surface area contributed by atoms with Gasteiger partial charge in [0.2, 0.25) is 6.79 Å². The Balaban J connectivity index is 1.57. The fourth-order valence-corrected chi connectivity index (χ4v) is 2.56. The van der Waals surface area contributed by atoms with Gasteiger partial charge in [0, 0.05) is 29.4 Å². The normalized spacial score (nSPS) is 12.7. The van der Waals surface area contributed by atoms with Gasteiger partial charge in [0.1, 0.15) is 5.15 Å². The molecule has 0 radical (unpaired) electrons. The summed E-state index contributed by atoms with van der Waals surface area (Å²) < 4.78 is 10.7. The van der Waals surface area contributed by atoms with Crippen LogP contribution in [0.4, 0.5) is 0 Å². The molecule has 4 rings (SSSR count). The van der Waals surface area contributed by atoms with Gasteiger partial charge < -0.3 is 9.47 Å². The fraction of sp³-hybridized carbons (Fsp3) is 0.0588. The lowest BCUT2D eigenvalue weighted by molar-refractivity contribution is 0.0954. The molecule has 1 aliphatic rings. The number of hydrazone groups is 1. The maximum atomic E-state index is 11.9. The van der Waals surface area contributed by atoms with Crippen LogP contribution in [0.2, 0.25) is 5.15 Å². The van der Waals surface area contributed by atoms with E-state index in [-0.39, 0.29) is 17.9 Å². The van der Waals surface area contributed by atoms with Gasteiger partial charge >= 0.3 is 0 Å². The Bertz CT molecular complexity index is 992. The van der Waals surface area contributed by atoms with Crippen LogP contribution in [0.15, 0.2) is 47.8 Å². The Morgan fingerprint density at radius 3 is 2.92 bits per heavy atom. The van der Waals surface area contributed by atoms with Gasteiger partial charge in [-0.25, -0.2) is 10.4 Å². The van der Waals surface area contributed by atoms with Gasteiger partial charge in [0.05, 0.1) is 17.3 Å². The van der Waals surface area contributed by atoms with Crippen molar-refractivity contribution in [3.05, 3.63) is 59.0 Å². The first-order chi connectivity index (χ1) is 12.2. The van der Waals surface area contributed by atoms with Crippen molar-refractivity contribution in [2.24, 2.45) is 5.10 Å². The van der Waals surface area contributed by atoms with Crippen molar-refractivity contribution in [3.63, 3.8) is 0 Å². The predicted octanol–water partition coefficient (Wildman–Crippen LogP) is 2.78. The second-order valence-electron chi connectivity index (χ2n) is 5.21. The molecule has 0 spiro atoms. The number of halogens is 1. The Hall–Kier alpha value is -3.19. The van der Waals surface area contributed by atoms with E-state index in [1.165, 1.54) is 12.4 Å². The molecule has 0 atom stereocenters. The molecule has 0 fully saturated rings. The van der Waals surface area contributed by atoms with Crippen molar-refractivity contribution in [1.82, 2.24) is 15.4 Å². The van der Waals surface area contributed by atoms with E-state index in [0.29, 0.717) is 28.1 Å². The second-order valence-corrected chi connectivity index (χ2v) is 5.57. The third-order valence-electron chi connectivity index (χ3n) is 3.58. The molecular weight excluding hydrogens is 344 g/mol. The number of pyridine rings is 2. The Morgan fingerprint density at radius 1 is 1.28 bits per heavy atom. The summed E-state index contributed by atoms with van der Waals surface area (Å²) in [6.45, 7) is 0.189. The highest BCUT2D eigenvalue weighted by Crippen LogP contribution is 2.36. The Labute approximate surface area is 147 Å². The van der Waals surface area contributed by atoms with Crippen LogP contribution in [0, 0.1) is 0 Å². The number of carbonyl (C=O) groups is 1. The van der Waals surface area contributed by atoms with Crippen molar-refractivity contribution in [2.45, 2.75) is 0 Å². The molecule has 25 heavy (non-hydrogen) atoms. The van der Waals surface area contributed by atoms with Crippen molar-refractivity contribution >= 4 is 34.6 Å². The molecule has 7 nitrogen and oxygen atoms in total. The molecule has 2 aromatic heterocycles. The summed E-state index contributed by atoms with van der Waals surface area (Å²) in [5, 5.41) is 5.02. The SMILES string of the molecule is O=C(NN=Cc1cc2cc3c(cc2nc1Cl)OCO3)c1cccnc1. The van der Waals surface area contributed by atoms with E-state index in [1.807, 2.05) is 12.1 Å². The van der Waals surface area contributed by atoms with Gasteiger partial charge in [0.25, 0.3) is 5.91 Å². The number of ether oxygens (including phenoxy) is 2. The molecule has 3 heterocycles. The summed E-state index contributed by atoms with van der Waals surface area (Å²) in [5.74, 6) is 0.934. The first-order valence-corrected chi connectivity index (χ1v) is 7.72. The third-order valence-corrected chi connectivity index (χ3v) is 3.89. The van der Waals surface area contributed by atoms with E-state index in [2.05, 4.69) is 20.5 Å². The van der Waals surface area contributed by atoms with E-state index >= 15 is 0 Å². The van der Waals surface area contributed by atoms with E-state index in [1.54, 1.807) is 24.4 Å². The maximum absolute atomic E-state index is 11.9. The van der Waals surface area contributed by atoms with Gasteiger partial charge in [-0.3, -0.25) is 9.78 Å². The minimum Gasteiger partial charge on any atom is -0.454 e. The lowest BCUT2D eigenvalue weighted by atomic mass is 10.1. The summed E-state index contributed by atoms with van der Waals surface area (Å²) in [6, 6.07) is 8.73. The minimum atomic E-state index is -0.363. The predicted molar refractivity (Wildman–Crippen MR) is 92.2 cm³/mol. The number of benzene rings is 1.